The van der Waals surface area contributed by atoms with Gasteiger partial charge in [0.15, 0.2) is 12.2 Å². The summed E-state index contributed by atoms with van der Waals surface area (Å²) in [4.78, 5) is 37.3. The number of nitrogens with zero attached hydrogens (tertiary/aromatic N) is 5. The Kier molecular flexibility index (Phi) is 4.66. The molecule has 0 N–H and O–H groups in total. The molecule has 0 spiro atoms. The highest BCUT2D eigenvalue weighted by molar-refractivity contribution is 6.32. The number of ether oxygens (including phenoxy) is 1. The highest BCUT2D eigenvalue weighted by atomic mass is 35.5. The molecule has 3 amide bonds. The molecule has 2 saturated heterocycles. The van der Waals surface area contributed by atoms with Gasteiger partial charge in [-0.1, -0.05) is 23.8 Å². The van der Waals surface area contributed by atoms with Gasteiger partial charge in [0.25, 0.3) is 5.91 Å². The third kappa shape index (κ3) is 2.71. The number of carbonyl (C=O) groups is 2. The molecule has 0 saturated carbocycles. The van der Waals surface area contributed by atoms with Crippen molar-refractivity contribution in [2.45, 2.75) is 19.1 Å². The summed E-state index contributed by atoms with van der Waals surface area (Å²) in [5.74, 6) is 1.08. The maximum atomic E-state index is 13.1. The molecule has 2 atom stereocenters. The Morgan fingerprint density at radius 1 is 1.32 bits per heavy atom. The Hall–Kier alpha value is -2.74. The number of anilines is 1. The Labute approximate surface area is 168 Å². The van der Waals surface area contributed by atoms with Crippen molar-refractivity contribution in [3.05, 3.63) is 35.4 Å². The predicted molar refractivity (Wildman–Crippen MR) is 107 cm³/mol. The molecule has 4 rings (SSSR count). The largest absolute Gasteiger partial charge is 0.495 e. The van der Waals surface area contributed by atoms with Crippen molar-refractivity contribution in [2.24, 2.45) is 4.99 Å². The van der Waals surface area contributed by atoms with Gasteiger partial charge in [0, 0.05) is 32.4 Å². The molecule has 0 aromatic heterocycles. The van der Waals surface area contributed by atoms with Crippen LogP contribution in [0.15, 0.2) is 35.3 Å². The van der Waals surface area contributed by atoms with Crippen molar-refractivity contribution in [3.63, 3.8) is 0 Å². The molecule has 9 heteroatoms. The lowest BCUT2D eigenvalue weighted by atomic mass is 10.1. The van der Waals surface area contributed by atoms with Gasteiger partial charge in [0.1, 0.15) is 5.75 Å². The van der Waals surface area contributed by atoms with E-state index in [-0.39, 0.29) is 18.5 Å². The summed E-state index contributed by atoms with van der Waals surface area (Å²) in [7, 11) is 3.26. The fourth-order valence-corrected chi connectivity index (χ4v) is 4.14. The number of methoxy groups -OCH3 is 1. The average molecular weight is 404 g/mol. The van der Waals surface area contributed by atoms with Crippen LogP contribution in [0.5, 0.6) is 5.75 Å². The third-order valence-corrected chi connectivity index (χ3v) is 5.64. The van der Waals surface area contributed by atoms with Gasteiger partial charge in [-0.2, -0.15) is 0 Å². The summed E-state index contributed by atoms with van der Waals surface area (Å²) in [5.41, 5.74) is 0.873. The Morgan fingerprint density at radius 2 is 2.11 bits per heavy atom. The summed E-state index contributed by atoms with van der Waals surface area (Å²) >= 11 is 6.28. The van der Waals surface area contributed by atoms with Gasteiger partial charge < -0.3 is 19.4 Å². The first kappa shape index (κ1) is 18.6. The standard InChI is InChI=1S/C19H22ClN5O3/c1-4-5-8-25-17(26)15-16(22(2)19(25)27)21-18-23(9-10-24(15)18)12-6-7-14(28-3)13(20)11-12/h4-7,11,15-16H,8-10H2,1-3H3/b5-4+. The van der Waals surface area contributed by atoms with Gasteiger partial charge in [-0.3, -0.25) is 9.69 Å². The minimum Gasteiger partial charge on any atom is -0.495 e. The van der Waals surface area contributed by atoms with Crippen LogP contribution in [-0.4, -0.2) is 78.6 Å². The van der Waals surface area contributed by atoms with Crippen LogP contribution < -0.4 is 9.64 Å². The van der Waals surface area contributed by atoms with Crippen LogP contribution in [0.4, 0.5) is 10.5 Å². The lowest BCUT2D eigenvalue weighted by Gasteiger charge is -2.40. The number of likely N-dealkylation sites (N-methyl/N-ethyl adjacent to an activating group) is 1. The van der Waals surface area contributed by atoms with Crippen molar-refractivity contribution in [2.75, 3.05) is 38.7 Å². The highest BCUT2D eigenvalue weighted by Crippen LogP contribution is 2.35. The normalized spacial score (nSPS) is 24.2. The minimum atomic E-state index is -0.520. The maximum absolute atomic E-state index is 13.1. The van der Waals surface area contributed by atoms with Gasteiger partial charge in [-0.15, -0.1) is 0 Å². The zero-order chi connectivity index (χ0) is 20.0. The lowest BCUT2D eigenvalue weighted by Crippen LogP contribution is -2.64. The number of imide groups is 1. The molecule has 0 aliphatic carbocycles. The van der Waals surface area contributed by atoms with E-state index in [2.05, 4.69) is 0 Å². The Bertz CT molecular complexity index is 886. The number of aliphatic imine (C=N–C) groups is 1. The number of guanidine groups is 1. The number of urea groups is 1. The number of halogens is 1. The van der Waals surface area contributed by atoms with E-state index in [9.17, 15) is 9.59 Å². The number of hydrogen-bond donors (Lipinski definition) is 0. The highest BCUT2D eigenvalue weighted by Gasteiger charge is 2.54. The van der Waals surface area contributed by atoms with E-state index in [1.54, 1.807) is 25.1 Å². The molecule has 2 fully saturated rings. The van der Waals surface area contributed by atoms with Crippen LogP contribution in [0.25, 0.3) is 0 Å². The molecule has 1 aromatic rings. The van der Waals surface area contributed by atoms with Crippen LogP contribution in [0.1, 0.15) is 6.92 Å². The SMILES string of the molecule is C/C=C/CN1C(=O)C2C(N=C3N(c4ccc(OC)c(Cl)c4)CCN32)N(C)C1=O. The number of fused-ring (bicyclic) bond motifs is 3. The molecule has 0 radical (unpaired) electrons. The van der Waals surface area contributed by atoms with Gasteiger partial charge in [-0.05, 0) is 25.1 Å². The van der Waals surface area contributed by atoms with E-state index in [0.717, 1.165) is 5.69 Å². The summed E-state index contributed by atoms with van der Waals surface area (Å²) < 4.78 is 5.22. The molecule has 3 aliphatic rings. The summed E-state index contributed by atoms with van der Waals surface area (Å²) in [6, 6.07) is 4.72. The Morgan fingerprint density at radius 3 is 2.79 bits per heavy atom. The second kappa shape index (κ2) is 7.01. The van der Waals surface area contributed by atoms with Gasteiger partial charge in [-0.25, -0.2) is 9.79 Å². The number of carbonyl (C=O) groups excluding carboxylic acids is 2. The van der Waals surface area contributed by atoms with Crippen LogP contribution in [-0.2, 0) is 4.79 Å². The van der Waals surface area contributed by atoms with Crippen LogP contribution in [0.3, 0.4) is 0 Å². The maximum Gasteiger partial charge on any atom is 0.328 e. The van der Waals surface area contributed by atoms with Gasteiger partial charge in [0.05, 0.1) is 12.1 Å². The van der Waals surface area contributed by atoms with E-state index in [1.807, 2.05) is 41.0 Å². The molecule has 8 nitrogen and oxygen atoms in total. The number of hydrogen-bond acceptors (Lipinski definition) is 6. The molecule has 3 heterocycles. The van der Waals surface area contributed by atoms with E-state index in [0.29, 0.717) is 29.8 Å². The molecular weight excluding hydrogens is 382 g/mol. The number of rotatable bonds is 4. The Balaban J connectivity index is 1.64. The zero-order valence-electron chi connectivity index (χ0n) is 16.0. The molecular formula is C19H22ClN5O3. The van der Waals surface area contributed by atoms with E-state index < -0.39 is 12.2 Å². The van der Waals surface area contributed by atoms with Gasteiger partial charge in [0.2, 0.25) is 5.96 Å². The van der Waals surface area contributed by atoms with Crippen molar-refractivity contribution in [3.8, 4) is 5.75 Å². The first-order valence-electron chi connectivity index (χ1n) is 9.12. The van der Waals surface area contributed by atoms with Crippen LogP contribution in [0, 0.1) is 0 Å². The number of amides is 3. The summed E-state index contributed by atoms with van der Waals surface area (Å²) in [5, 5.41) is 0.510. The second-order valence-corrected chi connectivity index (χ2v) is 7.27. The smallest absolute Gasteiger partial charge is 0.328 e. The molecule has 3 aliphatic heterocycles. The van der Waals surface area contributed by atoms with Crippen LogP contribution in [0.2, 0.25) is 5.02 Å². The summed E-state index contributed by atoms with van der Waals surface area (Å²) in [6.07, 6.45) is 3.11. The molecule has 148 valence electrons. The minimum absolute atomic E-state index is 0.209. The van der Waals surface area contributed by atoms with Crippen LogP contribution >= 0.6 is 11.6 Å². The van der Waals surface area contributed by atoms with E-state index in [1.165, 1.54) is 4.90 Å². The average Bonchev–Trinajstić information content (AvgIpc) is 3.25. The molecule has 0 bridgehead atoms. The topological polar surface area (TPSA) is 68.7 Å². The third-order valence-electron chi connectivity index (χ3n) is 5.35. The quantitative estimate of drug-likeness (QED) is 0.719. The van der Waals surface area contributed by atoms with Crippen molar-refractivity contribution in [1.29, 1.82) is 0 Å². The summed E-state index contributed by atoms with van der Waals surface area (Å²) in [6.45, 7) is 3.46. The fraction of sp³-hybridized carbons (Fsp3) is 0.421. The molecule has 28 heavy (non-hydrogen) atoms. The lowest BCUT2D eigenvalue weighted by molar-refractivity contribution is -0.136. The van der Waals surface area contributed by atoms with Crippen molar-refractivity contribution >= 4 is 35.2 Å². The van der Waals surface area contributed by atoms with Crippen molar-refractivity contribution < 1.29 is 14.3 Å². The first-order chi connectivity index (χ1) is 13.5. The molecule has 1 aromatic carbocycles. The second-order valence-electron chi connectivity index (χ2n) is 6.86. The fourth-order valence-electron chi connectivity index (χ4n) is 3.88. The van der Waals surface area contributed by atoms with E-state index >= 15 is 0 Å². The number of allylic oxidation sites excluding steroid dienone is 1. The van der Waals surface area contributed by atoms with Crippen molar-refractivity contribution in [1.82, 2.24) is 14.7 Å². The molecule has 2 unspecified atom stereocenters. The monoisotopic (exact) mass is 403 g/mol. The number of benzene rings is 1. The van der Waals surface area contributed by atoms with Gasteiger partial charge >= 0.3 is 6.03 Å². The first-order valence-corrected chi connectivity index (χ1v) is 9.50. The zero-order valence-corrected chi connectivity index (χ0v) is 16.8. The van der Waals surface area contributed by atoms with E-state index in [4.69, 9.17) is 21.3 Å². The predicted octanol–water partition coefficient (Wildman–Crippen LogP) is 2.00.